The monoisotopic (exact) mass is 262 g/mol. The molecule has 0 aliphatic carbocycles. The largest absolute Gasteiger partial charge is 0.168 e. The Bertz CT molecular complexity index is 95.1. The highest BCUT2D eigenvalue weighted by molar-refractivity contribution is 8.39. The van der Waals surface area contributed by atoms with Gasteiger partial charge in [-0.05, 0) is 0 Å². The van der Waals surface area contributed by atoms with E-state index in [4.69, 9.17) is 0 Å². The van der Waals surface area contributed by atoms with Gasteiger partial charge in [-0.3, -0.25) is 0 Å². The molecule has 0 bridgehead atoms. The molecule has 1 aliphatic heterocycles. The van der Waals surface area contributed by atoms with Gasteiger partial charge >= 0.3 is 0 Å². The van der Waals surface area contributed by atoms with E-state index in [9.17, 15) is 0 Å². The molecule has 0 aromatic heterocycles. The minimum absolute atomic E-state index is 0.713. The fraction of sp³-hybridized carbons (Fsp3) is 1.00. The van der Waals surface area contributed by atoms with Crippen molar-refractivity contribution in [2.45, 2.75) is 8.50 Å². The molecule has 2 unspecified atom stereocenters. The molecule has 2 atom stereocenters. The molecular formula is C5H10S6. The molecule has 0 N–H and O–H groups in total. The summed E-state index contributed by atoms with van der Waals surface area (Å²) in [6, 6.07) is 0. The van der Waals surface area contributed by atoms with Crippen molar-refractivity contribution in [3.05, 3.63) is 0 Å². The van der Waals surface area contributed by atoms with Crippen LogP contribution < -0.4 is 0 Å². The summed E-state index contributed by atoms with van der Waals surface area (Å²) in [5.74, 6) is 1.27. The van der Waals surface area contributed by atoms with E-state index in [0.717, 1.165) is 14.8 Å². The molecule has 6 heteroatoms. The van der Waals surface area contributed by atoms with Crippen molar-refractivity contribution in [1.29, 1.82) is 0 Å². The average molecular weight is 263 g/mol. The third-order valence-corrected chi connectivity index (χ3v) is 8.06. The third-order valence-electron chi connectivity index (χ3n) is 1.10. The topological polar surface area (TPSA) is 0 Å². The lowest BCUT2D eigenvalue weighted by Crippen LogP contribution is -1.92. The van der Waals surface area contributed by atoms with Crippen molar-refractivity contribution >= 4 is 72.3 Å². The molecule has 66 valence electrons. The van der Waals surface area contributed by atoms with Crippen LogP contribution in [0.15, 0.2) is 0 Å². The summed E-state index contributed by atoms with van der Waals surface area (Å²) in [4.78, 5) is 0. The second kappa shape index (κ2) is 6.54. The number of thiol groups is 2. The molecule has 0 amide bonds. The molecule has 1 rings (SSSR count). The van der Waals surface area contributed by atoms with Gasteiger partial charge < -0.3 is 0 Å². The van der Waals surface area contributed by atoms with Crippen LogP contribution in [-0.2, 0) is 0 Å². The maximum Gasteiger partial charge on any atom is 0.0976 e. The summed E-state index contributed by atoms with van der Waals surface area (Å²) in [5, 5.41) is 1.87. The van der Waals surface area contributed by atoms with Crippen LogP contribution in [0.3, 0.4) is 0 Å². The van der Waals surface area contributed by atoms with E-state index in [-0.39, 0.29) is 0 Å². The first-order valence-electron chi connectivity index (χ1n) is 3.09. The van der Waals surface area contributed by atoms with Crippen LogP contribution in [0.25, 0.3) is 0 Å². The summed E-state index contributed by atoms with van der Waals surface area (Å²) in [6.07, 6.45) is 0. The number of thioether (sulfide) groups is 4. The Hall–Kier alpha value is 2.10. The maximum atomic E-state index is 4.20. The smallest absolute Gasteiger partial charge is 0.0976 e. The second-order valence-corrected chi connectivity index (χ2v) is 9.20. The predicted octanol–water partition coefficient (Wildman–Crippen LogP) is 3.32. The SMILES string of the molecule is SCSC1CSC(SCS)S1. The summed E-state index contributed by atoms with van der Waals surface area (Å²) >= 11 is 16.3. The van der Waals surface area contributed by atoms with Crippen LogP contribution in [0.2, 0.25) is 0 Å². The highest BCUT2D eigenvalue weighted by Crippen LogP contribution is 2.48. The third kappa shape index (κ3) is 4.22. The second-order valence-electron chi connectivity index (χ2n) is 1.78. The zero-order valence-corrected chi connectivity index (χ0v) is 10.9. The zero-order chi connectivity index (χ0) is 8.10. The highest BCUT2D eigenvalue weighted by Gasteiger charge is 2.25. The molecule has 1 fully saturated rings. The fourth-order valence-electron chi connectivity index (χ4n) is 0.678. The van der Waals surface area contributed by atoms with Gasteiger partial charge in [-0.2, -0.15) is 25.3 Å². The Kier molecular flexibility index (Phi) is 6.64. The number of rotatable bonds is 4. The quantitative estimate of drug-likeness (QED) is 0.589. The van der Waals surface area contributed by atoms with Crippen LogP contribution in [-0.4, -0.2) is 24.4 Å². The Morgan fingerprint density at radius 3 is 2.64 bits per heavy atom. The molecular weight excluding hydrogens is 252 g/mol. The van der Waals surface area contributed by atoms with Gasteiger partial charge in [0, 0.05) is 15.9 Å². The van der Waals surface area contributed by atoms with Gasteiger partial charge in [-0.1, -0.05) is 0 Å². The van der Waals surface area contributed by atoms with E-state index in [1.165, 1.54) is 5.75 Å². The molecule has 0 aromatic rings. The minimum Gasteiger partial charge on any atom is -0.168 e. The lowest BCUT2D eigenvalue weighted by atomic mass is 10.9. The van der Waals surface area contributed by atoms with E-state index in [0.29, 0.717) is 3.91 Å². The van der Waals surface area contributed by atoms with Crippen molar-refractivity contribution in [3.8, 4) is 0 Å². The molecule has 0 saturated carbocycles. The maximum absolute atomic E-state index is 4.20. The normalized spacial score (nSPS) is 31.1. The van der Waals surface area contributed by atoms with Gasteiger partial charge in [0.1, 0.15) is 0 Å². The van der Waals surface area contributed by atoms with Gasteiger partial charge in [-0.25, -0.2) is 0 Å². The van der Waals surface area contributed by atoms with Crippen molar-refractivity contribution in [3.63, 3.8) is 0 Å². The summed E-state index contributed by atoms with van der Waals surface area (Å²) in [5.41, 5.74) is 0. The Labute approximate surface area is 96.0 Å². The molecule has 1 heterocycles. The van der Waals surface area contributed by atoms with Gasteiger partial charge in [0.05, 0.1) is 8.50 Å². The van der Waals surface area contributed by atoms with Crippen LogP contribution in [0.5, 0.6) is 0 Å². The van der Waals surface area contributed by atoms with Crippen molar-refractivity contribution in [1.82, 2.24) is 0 Å². The Morgan fingerprint density at radius 1 is 1.27 bits per heavy atom. The van der Waals surface area contributed by atoms with Gasteiger partial charge in [0.2, 0.25) is 0 Å². The molecule has 1 saturated heterocycles. The van der Waals surface area contributed by atoms with E-state index in [2.05, 4.69) is 37.0 Å². The molecule has 0 radical (unpaired) electrons. The van der Waals surface area contributed by atoms with Gasteiger partial charge in [0.25, 0.3) is 0 Å². The average Bonchev–Trinajstić information content (AvgIpc) is 2.38. The fourth-order valence-corrected chi connectivity index (χ4v) is 8.57. The minimum atomic E-state index is 0.713. The zero-order valence-electron chi connectivity index (χ0n) is 5.80. The lowest BCUT2D eigenvalue weighted by Gasteiger charge is -2.06. The standard InChI is InChI=1S/C5H10S6/c6-2-9-4-1-8-5(11-4)10-3-7/h4-7H,1-3H2. The van der Waals surface area contributed by atoms with Crippen molar-refractivity contribution in [2.75, 3.05) is 15.9 Å². The van der Waals surface area contributed by atoms with Crippen LogP contribution >= 0.6 is 72.3 Å². The first-order chi connectivity index (χ1) is 5.36. The Balaban J connectivity index is 2.12. The predicted molar refractivity (Wildman–Crippen MR) is 70.5 cm³/mol. The summed E-state index contributed by atoms with van der Waals surface area (Å²) in [7, 11) is 0. The van der Waals surface area contributed by atoms with Crippen LogP contribution in [0, 0.1) is 0 Å². The van der Waals surface area contributed by atoms with Crippen LogP contribution in [0.4, 0.5) is 0 Å². The number of hydrogen-bond donors (Lipinski definition) is 2. The van der Waals surface area contributed by atoms with Crippen molar-refractivity contribution < 1.29 is 0 Å². The first kappa shape index (κ1) is 11.2. The molecule has 0 aromatic carbocycles. The van der Waals surface area contributed by atoms with Crippen LogP contribution in [0.1, 0.15) is 0 Å². The lowest BCUT2D eigenvalue weighted by molar-refractivity contribution is 1.48. The molecule has 0 nitrogen and oxygen atoms in total. The molecule has 1 aliphatic rings. The van der Waals surface area contributed by atoms with E-state index in [1.807, 2.05) is 35.3 Å². The summed E-state index contributed by atoms with van der Waals surface area (Å²) < 4.78 is 1.47. The van der Waals surface area contributed by atoms with E-state index >= 15 is 0 Å². The molecule has 11 heavy (non-hydrogen) atoms. The van der Waals surface area contributed by atoms with Gasteiger partial charge in [0.15, 0.2) is 0 Å². The number of hydrogen-bond acceptors (Lipinski definition) is 6. The first-order valence-corrected chi connectivity index (χ1v) is 8.44. The van der Waals surface area contributed by atoms with Crippen molar-refractivity contribution in [2.24, 2.45) is 0 Å². The van der Waals surface area contributed by atoms with E-state index in [1.54, 1.807) is 0 Å². The summed E-state index contributed by atoms with van der Waals surface area (Å²) in [6.45, 7) is 0. The highest BCUT2D eigenvalue weighted by atomic mass is 32.3. The Morgan fingerprint density at radius 2 is 2.00 bits per heavy atom. The molecule has 0 spiro atoms. The van der Waals surface area contributed by atoms with Gasteiger partial charge in [-0.15, -0.1) is 47.0 Å². The van der Waals surface area contributed by atoms with E-state index < -0.39 is 0 Å².